The Morgan fingerprint density at radius 2 is 1.50 bits per heavy atom. The molecule has 2 rings (SSSR count). The van der Waals surface area contributed by atoms with Crippen LogP contribution in [-0.4, -0.2) is 0 Å². The van der Waals surface area contributed by atoms with Crippen molar-refractivity contribution in [2.24, 2.45) is 0 Å². The minimum absolute atomic E-state index is 0.00432. The Morgan fingerprint density at radius 3 is 2.10 bits per heavy atom. The highest BCUT2D eigenvalue weighted by Gasteiger charge is 2.32. The molecule has 0 saturated heterocycles. The third kappa shape index (κ3) is 3.46. The zero-order chi connectivity index (χ0) is 14.8. The first-order valence-corrected chi connectivity index (χ1v) is 5.71. The molecule has 1 N–H and O–H groups in total. The van der Waals surface area contributed by atoms with E-state index in [-0.39, 0.29) is 17.8 Å². The maximum Gasteiger partial charge on any atom is 0.416 e. The highest BCUT2D eigenvalue weighted by atomic mass is 19.4. The van der Waals surface area contributed by atoms with Gasteiger partial charge in [-0.3, -0.25) is 0 Å². The molecule has 0 spiro atoms. The van der Waals surface area contributed by atoms with Crippen molar-refractivity contribution in [1.82, 2.24) is 0 Å². The molecular weight excluding hydrogens is 277 g/mol. The molecule has 0 bridgehead atoms. The van der Waals surface area contributed by atoms with Gasteiger partial charge in [-0.1, -0.05) is 18.2 Å². The van der Waals surface area contributed by atoms with Crippen molar-refractivity contribution in [1.29, 1.82) is 0 Å². The van der Waals surface area contributed by atoms with E-state index in [1.807, 2.05) is 0 Å². The van der Waals surface area contributed by atoms with Crippen molar-refractivity contribution >= 4 is 5.69 Å². The zero-order valence-electron chi connectivity index (χ0n) is 10.1. The Bertz CT molecular complexity index is 587. The van der Waals surface area contributed by atoms with Crippen molar-refractivity contribution in [2.45, 2.75) is 12.7 Å². The lowest BCUT2D eigenvalue weighted by atomic mass is 10.1. The van der Waals surface area contributed by atoms with E-state index in [4.69, 9.17) is 0 Å². The molecule has 2 aromatic carbocycles. The Morgan fingerprint density at radius 1 is 0.900 bits per heavy atom. The van der Waals surface area contributed by atoms with E-state index in [0.29, 0.717) is 6.07 Å². The van der Waals surface area contributed by atoms with Gasteiger partial charge in [0, 0.05) is 18.3 Å². The zero-order valence-corrected chi connectivity index (χ0v) is 10.1. The lowest BCUT2D eigenvalue weighted by Gasteiger charge is -2.14. The van der Waals surface area contributed by atoms with Crippen molar-refractivity contribution in [3.63, 3.8) is 0 Å². The first-order valence-electron chi connectivity index (χ1n) is 5.71. The molecule has 0 unspecified atom stereocenters. The SMILES string of the molecule is Fc1cc(F)cc(NCc2ccccc2C(F)(F)F)c1. The summed E-state index contributed by atoms with van der Waals surface area (Å²) in [6.07, 6.45) is -4.47. The number of halogens is 5. The van der Waals surface area contributed by atoms with Gasteiger partial charge < -0.3 is 5.32 Å². The monoisotopic (exact) mass is 287 g/mol. The molecule has 0 atom stereocenters. The molecule has 6 heteroatoms. The van der Waals surface area contributed by atoms with Crippen LogP contribution in [0.2, 0.25) is 0 Å². The summed E-state index contributed by atoms with van der Waals surface area (Å²) in [6.45, 7) is -0.182. The smallest absolute Gasteiger partial charge is 0.381 e. The predicted octanol–water partition coefficient (Wildman–Crippen LogP) is 4.60. The van der Waals surface area contributed by atoms with Gasteiger partial charge in [0.2, 0.25) is 0 Å². The fourth-order valence-electron chi connectivity index (χ4n) is 1.80. The highest BCUT2D eigenvalue weighted by Crippen LogP contribution is 2.32. The molecule has 106 valence electrons. The summed E-state index contributed by atoms with van der Waals surface area (Å²) in [7, 11) is 0. The van der Waals surface area contributed by atoms with Crippen molar-refractivity contribution in [3.05, 3.63) is 65.2 Å². The van der Waals surface area contributed by atoms with Crippen LogP contribution in [0.5, 0.6) is 0 Å². The first kappa shape index (κ1) is 14.3. The van der Waals surface area contributed by atoms with E-state index in [0.717, 1.165) is 18.2 Å². The van der Waals surface area contributed by atoms with E-state index in [9.17, 15) is 22.0 Å². The molecule has 20 heavy (non-hydrogen) atoms. The Labute approximate surface area is 112 Å². The third-order valence-electron chi connectivity index (χ3n) is 2.67. The van der Waals surface area contributed by atoms with E-state index in [1.54, 1.807) is 0 Å². The highest BCUT2D eigenvalue weighted by molar-refractivity contribution is 5.45. The first-order chi connectivity index (χ1) is 9.36. The maximum absolute atomic E-state index is 13.0. The summed E-state index contributed by atoms with van der Waals surface area (Å²) in [5.74, 6) is -1.59. The minimum atomic E-state index is -4.47. The third-order valence-corrected chi connectivity index (χ3v) is 2.67. The fraction of sp³-hybridized carbons (Fsp3) is 0.143. The quantitative estimate of drug-likeness (QED) is 0.814. The van der Waals surface area contributed by atoms with Crippen LogP contribution in [0.15, 0.2) is 42.5 Å². The normalized spacial score (nSPS) is 11.4. The Kier molecular flexibility index (Phi) is 3.92. The van der Waals surface area contributed by atoms with Gasteiger partial charge in [-0.25, -0.2) is 8.78 Å². The van der Waals surface area contributed by atoms with Crippen molar-refractivity contribution in [2.75, 3.05) is 5.32 Å². The summed E-state index contributed by atoms with van der Waals surface area (Å²) in [6, 6.07) is 7.74. The summed E-state index contributed by atoms with van der Waals surface area (Å²) in [5, 5.41) is 2.58. The number of benzene rings is 2. The molecular formula is C14H10F5N. The van der Waals surface area contributed by atoms with Crippen LogP contribution in [0.25, 0.3) is 0 Å². The number of nitrogens with one attached hydrogen (secondary N) is 1. The average Bonchev–Trinajstić information content (AvgIpc) is 2.34. The summed E-state index contributed by atoms with van der Waals surface area (Å²) in [4.78, 5) is 0. The number of anilines is 1. The van der Waals surface area contributed by atoms with E-state index in [2.05, 4.69) is 5.32 Å². The predicted molar refractivity (Wildman–Crippen MR) is 65.1 cm³/mol. The second-order valence-corrected chi connectivity index (χ2v) is 4.17. The van der Waals surface area contributed by atoms with Gasteiger partial charge in [0.1, 0.15) is 11.6 Å². The second-order valence-electron chi connectivity index (χ2n) is 4.17. The van der Waals surface area contributed by atoms with Crippen LogP contribution in [0, 0.1) is 11.6 Å². The summed E-state index contributed by atoms with van der Waals surface area (Å²) < 4.78 is 64.2. The maximum atomic E-state index is 13.0. The van der Waals surface area contributed by atoms with Gasteiger partial charge >= 0.3 is 6.18 Å². The number of alkyl halides is 3. The summed E-state index contributed by atoms with van der Waals surface area (Å²) >= 11 is 0. The van der Waals surface area contributed by atoms with Crippen LogP contribution in [-0.2, 0) is 12.7 Å². The van der Waals surface area contributed by atoms with Crippen molar-refractivity contribution in [3.8, 4) is 0 Å². The molecule has 0 aliphatic heterocycles. The van der Waals surface area contributed by atoms with Gasteiger partial charge in [-0.05, 0) is 23.8 Å². The van der Waals surface area contributed by atoms with Crippen LogP contribution in [0.1, 0.15) is 11.1 Å². The average molecular weight is 287 g/mol. The molecule has 0 radical (unpaired) electrons. The summed E-state index contributed by atoms with van der Waals surface area (Å²) in [5.41, 5.74) is -0.687. The molecule has 0 amide bonds. The van der Waals surface area contributed by atoms with E-state index < -0.39 is 23.4 Å². The number of rotatable bonds is 3. The molecule has 0 aliphatic rings. The molecule has 0 saturated carbocycles. The van der Waals surface area contributed by atoms with Gasteiger partial charge in [-0.15, -0.1) is 0 Å². The van der Waals surface area contributed by atoms with Crippen LogP contribution < -0.4 is 5.32 Å². The largest absolute Gasteiger partial charge is 0.416 e. The molecule has 0 aromatic heterocycles. The molecule has 0 heterocycles. The van der Waals surface area contributed by atoms with E-state index in [1.165, 1.54) is 18.2 Å². The van der Waals surface area contributed by atoms with Gasteiger partial charge in [0.05, 0.1) is 5.56 Å². The second kappa shape index (κ2) is 5.48. The topological polar surface area (TPSA) is 12.0 Å². The van der Waals surface area contributed by atoms with Gasteiger partial charge in [-0.2, -0.15) is 13.2 Å². The number of hydrogen-bond acceptors (Lipinski definition) is 1. The van der Waals surface area contributed by atoms with Crippen molar-refractivity contribution < 1.29 is 22.0 Å². The lowest BCUT2D eigenvalue weighted by Crippen LogP contribution is -2.11. The van der Waals surface area contributed by atoms with Gasteiger partial charge in [0.15, 0.2) is 0 Å². The molecule has 1 nitrogen and oxygen atoms in total. The van der Waals surface area contributed by atoms with Crippen LogP contribution in [0.4, 0.5) is 27.6 Å². The molecule has 0 fully saturated rings. The standard InChI is InChI=1S/C14H10F5N/c15-10-5-11(16)7-12(6-10)20-8-9-3-1-2-4-13(9)14(17,18)19/h1-7,20H,8H2. The lowest BCUT2D eigenvalue weighted by molar-refractivity contribution is -0.138. The van der Waals surface area contributed by atoms with Crippen LogP contribution in [0.3, 0.4) is 0 Å². The molecule has 2 aromatic rings. The van der Waals surface area contributed by atoms with Gasteiger partial charge in [0.25, 0.3) is 0 Å². The fourth-order valence-corrected chi connectivity index (χ4v) is 1.80. The van der Waals surface area contributed by atoms with Crippen LogP contribution >= 0.6 is 0 Å². The van der Waals surface area contributed by atoms with E-state index >= 15 is 0 Å². The number of hydrogen-bond donors (Lipinski definition) is 1. The Balaban J connectivity index is 2.19. The molecule has 0 aliphatic carbocycles. The Hall–Kier alpha value is -2.11. The minimum Gasteiger partial charge on any atom is -0.381 e.